The highest BCUT2D eigenvalue weighted by atomic mass is 79.9. The molecule has 2 aromatic rings. The number of nitrogens with one attached hydrogen (secondary N) is 3. The molecule has 164 valence electrons. The van der Waals surface area contributed by atoms with E-state index in [4.69, 9.17) is 5.11 Å². The summed E-state index contributed by atoms with van der Waals surface area (Å²) >= 11 is 3.59. The normalized spacial score (nSPS) is 19.1. The molecular formula is C19H26BrClN6O3. The van der Waals surface area contributed by atoms with Gasteiger partial charge in [0.2, 0.25) is 11.8 Å². The Bertz CT molecular complexity index is 909. The molecule has 0 radical (unpaired) electrons. The zero-order valence-corrected chi connectivity index (χ0v) is 18.9. The summed E-state index contributed by atoms with van der Waals surface area (Å²) in [6, 6.07) is 0.312. The van der Waals surface area contributed by atoms with E-state index in [0.717, 1.165) is 34.9 Å². The Balaban J connectivity index is 0.00000256. The summed E-state index contributed by atoms with van der Waals surface area (Å²) in [7, 11) is 0. The number of aromatic amines is 1. The van der Waals surface area contributed by atoms with Crippen molar-refractivity contribution < 1.29 is 14.7 Å². The van der Waals surface area contributed by atoms with Crippen LogP contribution in [0.2, 0.25) is 0 Å². The van der Waals surface area contributed by atoms with Crippen LogP contribution in [0.3, 0.4) is 0 Å². The summed E-state index contributed by atoms with van der Waals surface area (Å²) in [5, 5.41) is 15.9. The number of fused-ring (bicyclic) bond motifs is 1. The van der Waals surface area contributed by atoms with Crippen LogP contribution in [-0.4, -0.2) is 77.2 Å². The number of aromatic nitrogens is 2. The average Bonchev–Trinajstić information content (AvgIpc) is 3.38. The van der Waals surface area contributed by atoms with Crippen molar-refractivity contribution in [1.29, 1.82) is 0 Å². The number of H-pyrrole nitrogens is 1. The lowest BCUT2D eigenvalue weighted by atomic mass is 10.1. The number of aliphatic hydroxyl groups is 1. The fourth-order valence-electron chi connectivity index (χ4n) is 4.10. The lowest BCUT2D eigenvalue weighted by molar-refractivity contribution is -0.132. The molecule has 0 aromatic carbocycles. The van der Waals surface area contributed by atoms with Gasteiger partial charge in [-0.1, -0.05) is 0 Å². The maximum absolute atomic E-state index is 12.6. The number of hydrogen-bond acceptors (Lipinski definition) is 6. The molecular weight excluding hydrogens is 476 g/mol. The number of carbonyl (C=O) groups is 2. The maximum atomic E-state index is 12.6. The smallest absolute Gasteiger partial charge is 0.250 e. The second kappa shape index (κ2) is 9.95. The fraction of sp³-hybridized carbons (Fsp3) is 0.526. The first kappa shape index (κ1) is 22.8. The molecule has 2 aromatic heterocycles. The van der Waals surface area contributed by atoms with E-state index < -0.39 is 12.5 Å². The van der Waals surface area contributed by atoms with Crippen molar-refractivity contribution in [2.45, 2.75) is 25.3 Å². The Morgan fingerprint density at radius 3 is 2.73 bits per heavy atom. The Kier molecular flexibility index (Phi) is 7.56. The molecule has 4 heterocycles. The standard InChI is InChI=1S/C19H25BrN6O3.ClH/c20-13-9-22-19-17(14(10-23-19)24-15(28)11-27)18(13)26-6-4-25(5-7-26)16(29)8-12-2-1-3-21-12;/h9-10,12,21,27H,1-8,11H2,(H,22,23)(H,24,28);1H/t12-;/m0./s1. The van der Waals surface area contributed by atoms with E-state index in [1.165, 1.54) is 0 Å². The van der Waals surface area contributed by atoms with E-state index in [9.17, 15) is 9.59 Å². The molecule has 4 N–H and O–H groups in total. The summed E-state index contributed by atoms with van der Waals surface area (Å²) < 4.78 is 0.819. The number of aliphatic hydroxyl groups excluding tert-OH is 1. The van der Waals surface area contributed by atoms with E-state index in [1.807, 2.05) is 4.90 Å². The van der Waals surface area contributed by atoms with Gasteiger partial charge < -0.3 is 30.5 Å². The van der Waals surface area contributed by atoms with Crippen LogP contribution in [-0.2, 0) is 9.59 Å². The summed E-state index contributed by atoms with van der Waals surface area (Å²) in [6.07, 6.45) is 6.19. The van der Waals surface area contributed by atoms with Gasteiger partial charge in [0.1, 0.15) is 12.3 Å². The first-order chi connectivity index (χ1) is 14.1. The molecule has 0 spiro atoms. The Morgan fingerprint density at radius 2 is 2.07 bits per heavy atom. The van der Waals surface area contributed by atoms with Gasteiger partial charge in [-0.05, 0) is 35.3 Å². The van der Waals surface area contributed by atoms with E-state index in [-0.39, 0.29) is 18.3 Å². The third kappa shape index (κ3) is 4.72. The number of rotatable bonds is 5. The number of halogens is 2. The summed E-state index contributed by atoms with van der Waals surface area (Å²) in [6.45, 7) is 3.12. The number of nitrogens with zero attached hydrogens (tertiary/aromatic N) is 3. The summed E-state index contributed by atoms with van der Waals surface area (Å²) in [4.78, 5) is 35.9. The van der Waals surface area contributed by atoms with Crippen molar-refractivity contribution >= 4 is 62.6 Å². The zero-order valence-electron chi connectivity index (χ0n) is 16.5. The summed E-state index contributed by atoms with van der Waals surface area (Å²) in [5.74, 6) is -0.270. The van der Waals surface area contributed by atoms with Gasteiger partial charge in [0.15, 0.2) is 0 Å². The van der Waals surface area contributed by atoms with Gasteiger partial charge in [-0.2, -0.15) is 0 Å². The Hall–Kier alpha value is -1.88. The SMILES string of the molecule is Cl.O=C(CO)Nc1c[nH]c2ncc(Br)c(N3CCN(C(=O)C[C@@H]4CCCN4)CC3)c12. The van der Waals surface area contributed by atoms with Crippen molar-refractivity contribution in [3.05, 3.63) is 16.9 Å². The van der Waals surface area contributed by atoms with Crippen LogP contribution >= 0.6 is 28.3 Å². The predicted octanol–water partition coefficient (Wildman–Crippen LogP) is 1.47. The average molecular weight is 502 g/mol. The molecule has 4 rings (SSSR count). The molecule has 30 heavy (non-hydrogen) atoms. The molecule has 2 fully saturated rings. The van der Waals surface area contributed by atoms with Crippen molar-refractivity contribution in [3.63, 3.8) is 0 Å². The van der Waals surface area contributed by atoms with Crippen LogP contribution in [0.1, 0.15) is 19.3 Å². The first-order valence-corrected chi connectivity index (χ1v) is 10.7. The molecule has 0 bridgehead atoms. The third-order valence-corrected chi connectivity index (χ3v) is 6.16. The minimum Gasteiger partial charge on any atom is -0.387 e. The molecule has 2 saturated heterocycles. The van der Waals surface area contributed by atoms with Crippen molar-refractivity contribution in [1.82, 2.24) is 20.2 Å². The second-order valence-electron chi connectivity index (χ2n) is 7.45. The number of anilines is 2. The second-order valence-corrected chi connectivity index (χ2v) is 8.31. The minimum atomic E-state index is -0.583. The highest BCUT2D eigenvalue weighted by molar-refractivity contribution is 9.10. The van der Waals surface area contributed by atoms with Crippen LogP contribution in [0.4, 0.5) is 11.4 Å². The number of amides is 2. The third-order valence-electron chi connectivity index (χ3n) is 5.58. The number of hydrogen-bond donors (Lipinski definition) is 4. The van der Waals surface area contributed by atoms with Gasteiger partial charge in [-0.15, -0.1) is 12.4 Å². The van der Waals surface area contributed by atoms with Gasteiger partial charge in [0.25, 0.3) is 0 Å². The lowest BCUT2D eigenvalue weighted by Gasteiger charge is -2.37. The van der Waals surface area contributed by atoms with E-state index in [0.29, 0.717) is 50.0 Å². The van der Waals surface area contributed by atoms with Crippen molar-refractivity contribution in [2.75, 3.05) is 49.5 Å². The van der Waals surface area contributed by atoms with Crippen LogP contribution < -0.4 is 15.5 Å². The minimum absolute atomic E-state index is 0. The highest BCUT2D eigenvalue weighted by Crippen LogP contribution is 2.38. The molecule has 0 aliphatic carbocycles. The molecule has 2 aliphatic heterocycles. The molecule has 2 amide bonds. The number of carbonyl (C=O) groups excluding carboxylic acids is 2. The predicted molar refractivity (Wildman–Crippen MR) is 121 cm³/mol. The van der Waals surface area contributed by atoms with Crippen LogP contribution in [0.15, 0.2) is 16.9 Å². The highest BCUT2D eigenvalue weighted by Gasteiger charge is 2.27. The molecule has 11 heteroatoms. The van der Waals surface area contributed by atoms with Gasteiger partial charge in [-0.3, -0.25) is 9.59 Å². The molecule has 0 saturated carbocycles. The van der Waals surface area contributed by atoms with Crippen LogP contribution in [0, 0.1) is 0 Å². The number of piperazine rings is 1. The largest absolute Gasteiger partial charge is 0.387 e. The van der Waals surface area contributed by atoms with Crippen LogP contribution in [0.25, 0.3) is 11.0 Å². The first-order valence-electron chi connectivity index (χ1n) is 9.89. The van der Waals surface area contributed by atoms with E-state index >= 15 is 0 Å². The maximum Gasteiger partial charge on any atom is 0.250 e. The van der Waals surface area contributed by atoms with E-state index in [2.05, 4.69) is 41.4 Å². The molecule has 9 nitrogen and oxygen atoms in total. The van der Waals surface area contributed by atoms with Crippen LogP contribution in [0.5, 0.6) is 0 Å². The summed E-state index contributed by atoms with van der Waals surface area (Å²) in [5.41, 5.74) is 2.16. The topological polar surface area (TPSA) is 114 Å². The Morgan fingerprint density at radius 1 is 1.30 bits per heavy atom. The van der Waals surface area contributed by atoms with Gasteiger partial charge in [-0.25, -0.2) is 4.98 Å². The van der Waals surface area contributed by atoms with Crippen molar-refractivity contribution in [3.8, 4) is 0 Å². The van der Waals surface area contributed by atoms with Crippen molar-refractivity contribution in [2.24, 2.45) is 0 Å². The van der Waals surface area contributed by atoms with Gasteiger partial charge in [0, 0.05) is 51.0 Å². The lowest BCUT2D eigenvalue weighted by Crippen LogP contribution is -2.49. The number of pyridine rings is 1. The molecule has 2 aliphatic rings. The van der Waals surface area contributed by atoms with E-state index in [1.54, 1.807) is 12.4 Å². The zero-order chi connectivity index (χ0) is 20.4. The molecule has 1 atom stereocenters. The fourth-order valence-corrected chi connectivity index (χ4v) is 4.65. The monoisotopic (exact) mass is 500 g/mol. The molecule has 0 unspecified atom stereocenters. The van der Waals surface area contributed by atoms with Gasteiger partial charge >= 0.3 is 0 Å². The Labute approximate surface area is 189 Å². The quantitative estimate of drug-likeness (QED) is 0.493. The van der Waals surface area contributed by atoms with Gasteiger partial charge in [0.05, 0.1) is 21.2 Å².